The summed E-state index contributed by atoms with van der Waals surface area (Å²) in [6.07, 6.45) is 13.9. The molecule has 4 nitrogen and oxygen atoms in total. The number of carbonyl (C=O) groups is 2. The molecule has 0 aromatic carbocycles. The third-order valence-corrected chi connectivity index (χ3v) is 3.47. The predicted octanol–water partition coefficient (Wildman–Crippen LogP) is 2.97. The van der Waals surface area contributed by atoms with E-state index in [1.165, 1.54) is 51.4 Å². The number of carbonyl (C=O) groups excluding carboxylic acids is 2. The zero-order valence-corrected chi connectivity index (χ0v) is 16.5. The monoisotopic (exact) mass is 417 g/mol. The summed E-state index contributed by atoms with van der Waals surface area (Å²) in [5.74, 6) is -1.83. The average molecular weight is 417 g/mol. The van der Waals surface area contributed by atoms with Gasteiger partial charge in [0, 0.05) is 11.9 Å². The van der Waals surface area contributed by atoms with Gasteiger partial charge in [0.1, 0.15) is 0 Å². The van der Waals surface area contributed by atoms with Crippen molar-refractivity contribution in [2.24, 2.45) is 0 Å². The van der Waals surface area contributed by atoms with Crippen LogP contribution in [-0.2, 0) is 29.1 Å². The number of hydrogen-bond donors (Lipinski definition) is 0. The Morgan fingerprint density at radius 2 is 0.826 bits per heavy atom. The molecule has 139 valence electrons. The van der Waals surface area contributed by atoms with E-state index in [1.807, 2.05) is 0 Å². The van der Waals surface area contributed by atoms with E-state index in [-0.39, 0.29) is 32.3 Å². The fourth-order valence-corrected chi connectivity index (χ4v) is 2.10. The summed E-state index contributed by atoms with van der Waals surface area (Å²) in [5.41, 5.74) is 0. The van der Waals surface area contributed by atoms with Crippen molar-refractivity contribution in [2.45, 2.75) is 104 Å². The summed E-state index contributed by atoms with van der Waals surface area (Å²) in [5, 5.41) is 20.0. The molecule has 0 saturated heterocycles. The van der Waals surface area contributed by atoms with E-state index >= 15 is 0 Å². The van der Waals surface area contributed by atoms with Crippen molar-refractivity contribution in [1.82, 2.24) is 0 Å². The van der Waals surface area contributed by atoms with Crippen LogP contribution in [0.3, 0.4) is 0 Å². The molecular formula is C18H34O4Rh. The first kappa shape index (κ1) is 27.4. The van der Waals surface area contributed by atoms with Gasteiger partial charge in [-0.15, -0.1) is 0 Å². The molecule has 0 aliphatic rings. The van der Waals surface area contributed by atoms with Crippen LogP contribution in [0, 0.1) is 0 Å². The molecule has 0 unspecified atom stereocenters. The molecule has 0 aromatic rings. The minimum Gasteiger partial charge on any atom is -0.550 e. The maximum absolute atomic E-state index is 9.98. The van der Waals surface area contributed by atoms with E-state index in [9.17, 15) is 19.8 Å². The maximum Gasteiger partial charge on any atom is 2.00 e. The molecule has 0 atom stereocenters. The van der Waals surface area contributed by atoms with Gasteiger partial charge in [-0.2, -0.15) is 0 Å². The van der Waals surface area contributed by atoms with E-state index in [0.717, 1.165) is 25.7 Å². The Bertz CT molecular complexity index is 231. The van der Waals surface area contributed by atoms with Gasteiger partial charge < -0.3 is 19.8 Å². The second-order valence-electron chi connectivity index (χ2n) is 5.78. The molecule has 0 amide bonds. The smallest absolute Gasteiger partial charge is 0.550 e. The number of unbranched alkanes of at least 4 members (excludes halogenated alkanes) is 10. The molecule has 0 aliphatic carbocycles. The number of carboxylic acids is 2. The predicted molar refractivity (Wildman–Crippen MR) is 86.0 cm³/mol. The Morgan fingerprint density at radius 3 is 1.09 bits per heavy atom. The van der Waals surface area contributed by atoms with E-state index in [2.05, 4.69) is 13.8 Å². The molecule has 0 saturated carbocycles. The molecule has 5 heteroatoms. The molecule has 0 heterocycles. The van der Waals surface area contributed by atoms with Crippen molar-refractivity contribution in [3.63, 3.8) is 0 Å². The van der Waals surface area contributed by atoms with Crippen molar-refractivity contribution in [3.8, 4) is 0 Å². The Hall–Kier alpha value is -0.437. The van der Waals surface area contributed by atoms with Crippen molar-refractivity contribution >= 4 is 11.9 Å². The number of rotatable bonds is 14. The summed E-state index contributed by atoms with van der Waals surface area (Å²) >= 11 is 0. The number of carboxylic acid groups (broad SMARTS) is 2. The zero-order chi connectivity index (χ0) is 17.1. The van der Waals surface area contributed by atoms with Crippen molar-refractivity contribution in [1.29, 1.82) is 0 Å². The topological polar surface area (TPSA) is 80.3 Å². The van der Waals surface area contributed by atoms with Crippen molar-refractivity contribution in [3.05, 3.63) is 0 Å². The van der Waals surface area contributed by atoms with Crippen LogP contribution in [0.2, 0.25) is 0 Å². The van der Waals surface area contributed by atoms with Crippen LogP contribution < -0.4 is 10.2 Å². The SMILES string of the molecule is CCCCCCCCC(=O)[O-].CCCCCCCCC(=O)[O-].[Rh+2]. The van der Waals surface area contributed by atoms with Crippen LogP contribution in [0.15, 0.2) is 0 Å². The Kier molecular flexibility index (Phi) is 28.4. The van der Waals surface area contributed by atoms with Crippen molar-refractivity contribution in [2.75, 3.05) is 0 Å². The Morgan fingerprint density at radius 1 is 0.565 bits per heavy atom. The van der Waals surface area contributed by atoms with E-state index in [1.54, 1.807) is 0 Å². The van der Waals surface area contributed by atoms with Crippen LogP contribution >= 0.6 is 0 Å². The van der Waals surface area contributed by atoms with Crippen LogP contribution in [0.25, 0.3) is 0 Å². The van der Waals surface area contributed by atoms with Gasteiger partial charge in [-0.1, -0.05) is 78.1 Å². The van der Waals surface area contributed by atoms with Crippen LogP contribution in [0.1, 0.15) is 104 Å². The normalized spacial score (nSPS) is 9.48. The van der Waals surface area contributed by atoms with Gasteiger partial charge in [-0.3, -0.25) is 0 Å². The van der Waals surface area contributed by atoms with E-state index in [0.29, 0.717) is 0 Å². The molecule has 0 rings (SSSR count). The molecule has 0 aliphatic heterocycles. The van der Waals surface area contributed by atoms with Gasteiger partial charge in [0.15, 0.2) is 0 Å². The zero-order valence-electron chi connectivity index (χ0n) is 14.9. The Labute approximate surface area is 155 Å². The standard InChI is InChI=1S/2C9H18O2.Rh/c2*1-2-3-4-5-6-7-8-9(10)11;/h2*2-8H2,1H3,(H,10,11);/q;;+2/p-2. The average Bonchev–Trinajstić information content (AvgIpc) is 2.46. The summed E-state index contributed by atoms with van der Waals surface area (Å²) < 4.78 is 0. The molecular weight excluding hydrogens is 383 g/mol. The van der Waals surface area contributed by atoms with Gasteiger partial charge >= 0.3 is 19.5 Å². The van der Waals surface area contributed by atoms with Crippen LogP contribution in [0.4, 0.5) is 0 Å². The second-order valence-corrected chi connectivity index (χ2v) is 5.78. The minimum absolute atomic E-state index is 0. The summed E-state index contributed by atoms with van der Waals surface area (Å²) in [7, 11) is 0. The first-order valence-electron chi connectivity index (χ1n) is 8.94. The minimum atomic E-state index is -0.916. The van der Waals surface area contributed by atoms with Crippen LogP contribution in [0.5, 0.6) is 0 Å². The molecule has 1 radical (unpaired) electrons. The molecule has 0 aromatic heterocycles. The fourth-order valence-electron chi connectivity index (χ4n) is 2.10. The summed E-state index contributed by atoms with van der Waals surface area (Å²) in [6.45, 7) is 4.34. The molecule has 0 fully saturated rings. The number of aliphatic carboxylic acids is 2. The number of hydrogen-bond acceptors (Lipinski definition) is 4. The third-order valence-electron chi connectivity index (χ3n) is 3.47. The maximum atomic E-state index is 9.98. The van der Waals surface area contributed by atoms with Gasteiger partial charge in [-0.25, -0.2) is 0 Å². The van der Waals surface area contributed by atoms with Gasteiger partial charge in [-0.05, 0) is 25.7 Å². The quantitative estimate of drug-likeness (QED) is 0.322. The second kappa shape index (κ2) is 23.8. The molecule has 0 bridgehead atoms. The van der Waals surface area contributed by atoms with Gasteiger partial charge in [0.05, 0.1) is 0 Å². The fraction of sp³-hybridized carbons (Fsp3) is 0.889. The first-order chi connectivity index (χ1) is 10.5. The van der Waals surface area contributed by atoms with E-state index < -0.39 is 11.9 Å². The Balaban J connectivity index is -0.000000333. The van der Waals surface area contributed by atoms with E-state index in [4.69, 9.17) is 0 Å². The van der Waals surface area contributed by atoms with Gasteiger partial charge in [0.25, 0.3) is 0 Å². The van der Waals surface area contributed by atoms with Crippen LogP contribution in [-0.4, -0.2) is 11.9 Å². The molecule has 23 heavy (non-hydrogen) atoms. The largest absolute Gasteiger partial charge is 2.00 e. The van der Waals surface area contributed by atoms with Gasteiger partial charge in [0.2, 0.25) is 0 Å². The summed E-state index contributed by atoms with van der Waals surface area (Å²) in [4.78, 5) is 20.0. The first-order valence-corrected chi connectivity index (χ1v) is 8.94. The molecule has 0 spiro atoms. The van der Waals surface area contributed by atoms with Crippen molar-refractivity contribution < 1.29 is 39.3 Å². The summed E-state index contributed by atoms with van der Waals surface area (Å²) in [6, 6.07) is 0. The molecule has 0 N–H and O–H groups in total. The third kappa shape index (κ3) is 34.1.